The third-order valence-electron chi connectivity index (χ3n) is 1.59. The second-order valence-corrected chi connectivity index (χ2v) is 2.76. The molecule has 0 radical (unpaired) electrons. The molecule has 80 valence electrons. The van der Waals surface area contributed by atoms with E-state index in [9.17, 15) is 14.4 Å². The highest BCUT2D eigenvalue weighted by Gasteiger charge is 2.09. The minimum absolute atomic E-state index is 0.00153. The van der Waals surface area contributed by atoms with Crippen molar-refractivity contribution in [2.45, 2.75) is 0 Å². The molecular formula is C8H9N3O4. The van der Waals surface area contributed by atoms with Crippen molar-refractivity contribution in [1.29, 1.82) is 0 Å². The van der Waals surface area contributed by atoms with Crippen LogP contribution >= 0.6 is 0 Å². The summed E-state index contributed by atoms with van der Waals surface area (Å²) in [5.74, 6) is -1.78. The van der Waals surface area contributed by atoms with E-state index < -0.39 is 18.4 Å². The summed E-state index contributed by atoms with van der Waals surface area (Å²) in [6, 6.07) is 2.42. The lowest BCUT2D eigenvalue weighted by Gasteiger charge is -2.02. The van der Waals surface area contributed by atoms with Crippen LogP contribution in [0.2, 0.25) is 0 Å². The first-order chi connectivity index (χ1) is 7.00. The summed E-state index contributed by atoms with van der Waals surface area (Å²) >= 11 is 0. The first-order valence-corrected chi connectivity index (χ1v) is 4.05. The van der Waals surface area contributed by atoms with E-state index in [1.165, 1.54) is 19.2 Å². The van der Waals surface area contributed by atoms with E-state index in [-0.39, 0.29) is 11.3 Å². The molecule has 7 heteroatoms. The molecular weight excluding hydrogens is 202 g/mol. The van der Waals surface area contributed by atoms with Gasteiger partial charge in [-0.3, -0.25) is 14.4 Å². The highest BCUT2D eigenvalue weighted by atomic mass is 16.4. The molecule has 0 spiro atoms. The summed E-state index contributed by atoms with van der Waals surface area (Å²) in [6.07, 6.45) is 0. The number of aromatic nitrogens is 2. The largest absolute Gasteiger partial charge is 0.480 e. The van der Waals surface area contributed by atoms with Gasteiger partial charge in [0.2, 0.25) is 0 Å². The molecule has 0 bridgehead atoms. The van der Waals surface area contributed by atoms with Gasteiger partial charge in [-0.25, -0.2) is 4.68 Å². The van der Waals surface area contributed by atoms with E-state index in [0.717, 1.165) is 4.68 Å². The minimum atomic E-state index is -1.15. The summed E-state index contributed by atoms with van der Waals surface area (Å²) in [5, 5.41) is 14.1. The van der Waals surface area contributed by atoms with Gasteiger partial charge in [0.05, 0.1) is 0 Å². The number of carbonyl (C=O) groups is 2. The molecule has 1 aromatic rings. The summed E-state index contributed by atoms with van der Waals surface area (Å²) in [4.78, 5) is 32.4. The van der Waals surface area contributed by atoms with Gasteiger partial charge in [-0.15, -0.1) is 0 Å². The molecule has 0 unspecified atom stereocenters. The van der Waals surface area contributed by atoms with Crippen LogP contribution in [0.1, 0.15) is 10.5 Å². The highest BCUT2D eigenvalue weighted by Crippen LogP contribution is 1.88. The molecule has 0 aliphatic carbocycles. The van der Waals surface area contributed by atoms with Crippen molar-refractivity contribution in [3.63, 3.8) is 0 Å². The second kappa shape index (κ2) is 4.36. The van der Waals surface area contributed by atoms with Gasteiger partial charge in [-0.1, -0.05) is 0 Å². The van der Waals surface area contributed by atoms with Crippen LogP contribution in [0.25, 0.3) is 0 Å². The Kier molecular flexibility index (Phi) is 3.17. The number of aryl methyl sites for hydroxylation is 1. The third kappa shape index (κ3) is 2.90. The topological polar surface area (TPSA) is 101 Å². The molecule has 15 heavy (non-hydrogen) atoms. The molecule has 1 heterocycles. The van der Waals surface area contributed by atoms with E-state index in [1.807, 2.05) is 0 Å². The molecule has 2 N–H and O–H groups in total. The third-order valence-corrected chi connectivity index (χ3v) is 1.59. The summed E-state index contributed by atoms with van der Waals surface area (Å²) in [6.45, 7) is -0.483. The SMILES string of the molecule is Cn1nc(C(=O)NCC(=O)O)ccc1=O. The van der Waals surface area contributed by atoms with Crippen molar-refractivity contribution < 1.29 is 14.7 Å². The van der Waals surface area contributed by atoms with Crippen LogP contribution in [0.4, 0.5) is 0 Å². The van der Waals surface area contributed by atoms with Crippen LogP contribution in [-0.4, -0.2) is 33.3 Å². The minimum Gasteiger partial charge on any atom is -0.480 e. The molecule has 0 aliphatic heterocycles. The Hall–Kier alpha value is -2.18. The Morgan fingerprint density at radius 1 is 1.53 bits per heavy atom. The highest BCUT2D eigenvalue weighted by molar-refractivity contribution is 5.93. The van der Waals surface area contributed by atoms with Gasteiger partial charge in [0.25, 0.3) is 11.5 Å². The smallest absolute Gasteiger partial charge is 0.322 e. The molecule has 0 fully saturated rings. The Balaban J connectivity index is 2.78. The zero-order valence-electron chi connectivity index (χ0n) is 7.93. The van der Waals surface area contributed by atoms with Crippen LogP contribution in [0.15, 0.2) is 16.9 Å². The number of nitrogens with zero attached hydrogens (tertiary/aromatic N) is 2. The van der Waals surface area contributed by atoms with Crippen LogP contribution in [-0.2, 0) is 11.8 Å². The van der Waals surface area contributed by atoms with Crippen molar-refractivity contribution in [1.82, 2.24) is 15.1 Å². The number of hydrogen-bond donors (Lipinski definition) is 2. The fraction of sp³-hybridized carbons (Fsp3) is 0.250. The van der Waals surface area contributed by atoms with Gasteiger partial charge < -0.3 is 10.4 Å². The molecule has 1 amide bonds. The summed E-state index contributed by atoms with van der Waals surface area (Å²) in [7, 11) is 1.40. The van der Waals surface area contributed by atoms with Gasteiger partial charge in [-0.2, -0.15) is 5.10 Å². The molecule has 1 aromatic heterocycles. The number of carbonyl (C=O) groups excluding carboxylic acids is 1. The Morgan fingerprint density at radius 3 is 2.73 bits per heavy atom. The molecule has 7 nitrogen and oxygen atoms in total. The van der Waals surface area contributed by atoms with E-state index in [2.05, 4.69) is 10.4 Å². The van der Waals surface area contributed by atoms with Crippen LogP contribution in [0.3, 0.4) is 0 Å². The van der Waals surface area contributed by atoms with Crippen molar-refractivity contribution in [2.75, 3.05) is 6.54 Å². The number of rotatable bonds is 3. The zero-order valence-corrected chi connectivity index (χ0v) is 7.93. The second-order valence-electron chi connectivity index (χ2n) is 2.76. The fourth-order valence-electron chi connectivity index (χ4n) is 0.870. The Labute approximate surface area is 84.3 Å². The van der Waals surface area contributed by atoms with Gasteiger partial charge in [0.15, 0.2) is 0 Å². The zero-order chi connectivity index (χ0) is 11.4. The van der Waals surface area contributed by atoms with Gasteiger partial charge >= 0.3 is 5.97 Å². The molecule has 0 aromatic carbocycles. The van der Waals surface area contributed by atoms with E-state index in [0.29, 0.717) is 0 Å². The lowest BCUT2D eigenvalue weighted by Crippen LogP contribution is -2.31. The Bertz CT molecular complexity index is 451. The van der Waals surface area contributed by atoms with E-state index in [1.54, 1.807) is 0 Å². The normalized spacial score (nSPS) is 9.67. The number of carboxylic acids is 1. The lowest BCUT2D eigenvalue weighted by molar-refractivity contribution is -0.135. The molecule has 0 saturated carbocycles. The number of carboxylic acid groups (broad SMARTS) is 1. The van der Waals surface area contributed by atoms with Crippen LogP contribution in [0.5, 0.6) is 0 Å². The predicted octanol–water partition coefficient (Wildman–Crippen LogP) is -1.41. The van der Waals surface area contributed by atoms with E-state index >= 15 is 0 Å². The number of amides is 1. The average molecular weight is 211 g/mol. The van der Waals surface area contributed by atoms with Crippen molar-refractivity contribution >= 4 is 11.9 Å². The van der Waals surface area contributed by atoms with Crippen molar-refractivity contribution in [3.8, 4) is 0 Å². The Morgan fingerprint density at radius 2 is 2.20 bits per heavy atom. The van der Waals surface area contributed by atoms with Crippen molar-refractivity contribution in [3.05, 3.63) is 28.2 Å². The van der Waals surface area contributed by atoms with Crippen LogP contribution < -0.4 is 10.9 Å². The molecule has 0 aliphatic rings. The number of nitrogens with one attached hydrogen (secondary N) is 1. The maximum atomic E-state index is 11.3. The lowest BCUT2D eigenvalue weighted by atomic mass is 10.3. The van der Waals surface area contributed by atoms with E-state index in [4.69, 9.17) is 5.11 Å². The molecule has 0 saturated heterocycles. The van der Waals surface area contributed by atoms with Crippen LogP contribution in [0, 0.1) is 0 Å². The van der Waals surface area contributed by atoms with Gasteiger partial charge in [0, 0.05) is 13.1 Å². The average Bonchev–Trinajstić information content (AvgIpc) is 2.18. The number of aliphatic carboxylic acids is 1. The molecule has 0 atom stereocenters. The van der Waals surface area contributed by atoms with Gasteiger partial charge in [-0.05, 0) is 6.07 Å². The van der Waals surface area contributed by atoms with Crippen molar-refractivity contribution in [2.24, 2.45) is 7.05 Å². The van der Waals surface area contributed by atoms with Gasteiger partial charge in [0.1, 0.15) is 12.2 Å². The summed E-state index contributed by atoms with van der Waals surface area (Å²) in [5.41, 5.74) is -0.344. The fourth-order valence-corrected chi connectivity index (χ4v) is 0.870. The monoisotopic (exact) mass is 211 g/mol. The first kappa shape index (κ1) is 10.9. The number of hydrogen-bond acceptors (Lipinski definition) is 4. The maximum absolute atomic E-state index is 11.3. The standard InChI is InChI=1S/C8H9N3O4/c1-11-6(12)3-2-5(10-11)8(15)9-4-7(13)14/h2-3H,4H2,1H3,(H,9,15)(H,13,14). The maximum Gasteiger partial charge on any atom is 0.322 e. The predicted molar refractivity (Wildman–Crippen MR) is 49.4 cm³/mol. The first-order valence-electron chi connectivity index (χ1n) is 4.05. The molecule has 1 rings (SSSR count). The quantitative estimate of drug-likeness (QED) is 0.640. The summed E-state index contributed by atoms with van der Waals surface area (Å²) < 4.78 is 0.996.